The third-order valence-corrected chi connectivity index (χ3v) is 6.31. The van der Waals surface area contributed by atoms with Crippen molar-refractivity contribution in [1.82, 2.24) is 0 Å². The molecule has 0 unspecified atom stereocenters. The molecule has 1 aromatic heterocycles. The molecule has 1 aromatic rings. The Morgan fingerprint density at radius 2 is 1.95 bits per heavy atom. The Balaban J connectivity index is 3.24. The van der Waals surface area contributed by atoms with Crippen LogP contribution in [0.2, 0.25) is 0 Å². The van der Waals surface area contributed by atoms with E-state index in [1.54, 1.807) is 13.8 Å². The molecular formula is C14H24N2O3S2. The van der Waals surface area contributed by atoms with Crippen molar-refractivity contribution in [2.45, 2.75) is 45.4 Å². The Kier molecular flexibility index (Phi) is 6.22. The summed E-state index contributed by atoms with van der Waals surface area (Å²) in [5, 5.41) is 3.62. The summed E-state index contributed by atoms with van der Waals surface area (Å²) in [6, 6.07) is 0. The predicted molar refractivity (Wildman–Crippen MR) is 89.0 cm³/mol. The van der Waals surface area contributed by atoms with Crippen molar-refractivity contribution in [3.8, 4) is 0 Å². The fraction of sp³-hybridized carbons (Fsp3) is 0.643. The molecule has 0 radical (unpaired) electrons. The molecule has 21 heavy (non-hydrogen) atoms. The normalized spacial score (nSPS) is 11.9. The average Bonchev–Trinajstić information content (AvgIpc) is 2.75. The zero-order valence-electron chi connectivity index (χ0n) is 13.0. The van der Waals surface area contributed by atoms with Crippen molar-refractivity contribution < 1.29 is 13.2 Å². The topological polar surface area (TPSA) is 89.3 Å². The van der Waals surface area contributed by atoms with Crippen LogP contribution in [0.3, 0.4) is 0 Å². The second-order valence-electron chi connectivity index (χ2n) is 5.29. The van der Waals surface area contributed by atoms with Gasteiger partial charge in [0.25, 0.3) is 0 Å². The molecule has 120 valence electrons. The van der Waals surface area contributed by atoms with E-state index in [9.17, 15) is 13.2 Å². The molecule has 0 bridgehead atoms. The number of nitrogen functional groups attached to an aromatic ring is 1. The number of thiophene rings is 1. The molecule has 0 aliphatic rings. The van der Waals surface area contributed by atoms with Gasteiger partial charge < -0.3 is 11.1 Å². The third kappa shape index (κ3) is 4.20. The number of hydrogen-bond acceptors (Lipinski definition) is 6. The minimum atomic E-state index is -3.46. The fourth-order valence-electron chi connectivity index (χ4n) is 1.84. The van der Waals surface area contributed by atoms with Gasteiger partial charge in [0, 0.05) is 13.0 Å². The predicted octanol–water partition coefficient (Wildman–Crippen LogP) is 3.17. The minimum absolute atomic E-state index is 0.0352. The van der Waals surface area contributed by atoms with Gasteiger partial charge in [-0.2, -0.15) is 0 Å². The van der Waals surface area contributed by atoms with E-state index in [2.05, 4.69) is 19.2 Å². The summed E-state index contributed by atoms with van der Waals surface area (Å²) < 4.78 is 24.5. The van der Waals surface area contributed by atoms with Gasteiger partial charge in [0.15, 0.2) is 15.6 Å². The fourth-order valence-corrected chi connectivity index (χ4v) is 4.54. The zero-order chi connectivity index (χ0) is 16.2. The van der Waals surface area contributed by atoms with Gasteiger partial charge >= 0.3 is 0 Å². The standard InChI is InChI=1S/C14H24N2O3S2/c1-5-10(17)12-11(15)13(21(18,19)6-2)14(20-12)16-8-7-9(3)4/h9,16H,5-8,15H2,1-4H3. The summed E-state index contributed by atoms with van der Waals surface area (Å²) in [7, 11) is -3.46. The quantitative estimate of drug-likeness (QED) is 0.714. The van der Waals surface area contributed by atoms with Crippen LogP contribution in [0.25, 0.3) is 0 Å². The third-order valence-electron chi connectivity index (χ3n) is 3.17. The molecule has 0 spiro atoms. The van der Waals surface area contributed by atoms with Crippen LogP contribution >= 0.6 is 11.3 Å². The van der Waals surface area contributed by atoms with Gasteiger partial charge in [0.1, 0.15) is 9.90 Å². The highest BCUT2D eigenvalue weighted by Gasteiger charge is 2.27. The Bertz CT molecular complexity index is 604. The van der Waals surface area contributed by atoms with Gasteiger partial charge in [-0.15, -0.1) is 11.3 Å². The lowest BCUT2D eigenvalue weighted by molar-refractivity contribution is 0.0992. The molecule has 0 aliphatic carbocycles. The SMILES string of the molecule is CCC(=O)c1sc(NCCC(C)C)c(S(=O)(=O)CC)c1N. The van der Waals surface area contributed by atoms with Crippen molar-refractivity contribution in [3.63, 3.8) is 0 Å². The number of rotatable bonds is 8. The highest BCUT2D eigenvalue weighted by atomic mass is 32.2. The molecule has 1 rings (SSSR count). The monoisotopic (exact) mass is 332 g/mol. The molecule has 0 amide bonds. The second kappa shape index (κ2) is 7.26. The van der Waals surface area contributed by atoms with Crippen LogP contribution in [0.1, 0.15) is 50.2 Å². The van der Waals surface area contributed by atoms with Crippen LogP contribution in [-0.4, -0.2) is 26.5 Å². The maximum atomic E-state index is 12.2. The van der Waals surface area contributed by atoms with Crippen LogP contribution in [0, 0.1) is 5.92 Å². The van der Waals surface area contributed by atoms with Crippen molar-refractivity contribution in [3.05, 3.63) is 4.88 Å². The molecule has 7 heteroatoms. The molecule has 3 N–H and O–H groups in total. The summed E-state index contributed by atoms with van der Waals surface area (Å²) in [6.07, 6.45) is 1.22. The first-order chi connectivity index (χ1) is 9.74. The maximum Gasteiger partial charge on any atom is 0.183 e. The van der Waals surface area contributed by atoms with E-state index in [1.807, 2.05) is 0 Å². The number of sulfone groups is 1. The van der Waals surface area contributed by atoms with Gasteiger partial charge in [-0.3, -0.25) is 4.79 Å². The average molecular weight is 332 g/mol. The number of anilines is 2. The first kappa shape index (κ1) is 18.0. The summed E-state index contributed by atoms with van der Waals surface area (Å²) in [6.45, 7) is 8.16. The Morgan fingerprint density at radius 3 is 2.43 bits per heavy atom. The van der Waals surface area contributed by atoms with E-state index >= 15 is 0 Å². The molecule has 1 heterocycles. The molecule has 0 saturated carbocycles. The maximum absolute atomic E-state index is 12.2. The van der Waals surface area contributed by atoms with Crippen LogP contribution < -0.4 is 11.1 Å². The second-order valence-corrected chi connectivity index (χ2v) is 8.53. The summed E-state index contributed by atoms with van der Waals surface area (Å²) in [5.41, 5.74) is 6.04. The number of nitrogens with two attached hydrogens (primary N) is 1. The van der Waals surface area contributed by atoms with Crippen molar-refractivity contribution in [2.24, 2.45) is 5.92 Å². The highest BCUT2D eigenvalue weighted by molar-refractivity contribution is 7.91. The van der Waals surface area contributed by atoms with Gasteiger partial charge in [0.2, 0.25) is 0 Å². The molecular weight excluding hydrogens is 308 g/mol. The van der Waals surface area contributed by atoms with E-state index < -0.39 is 9.84 Å². The number of nitrogens with one attached hydrogen (secondary N) is 1. The highest BCUT2D eigenvalue weighted by Crippen LogP contribution is 2.40. The van der Waals surface area contributed by atoms with E-state index in [0.717, 1.165) is 17.8 Å². The van der Waals surface area contributed by atoms with Gasteiger partial charge in [-0.1, -0.05) is 27.7 Å². The molecule has 0 aromatic carbocycles. The minimum Gasteiger partial charge on any atom is -0.396 e. The van der Waals surface area contributed by atoms with Gasteiger partial charge in [0.05, 0.1) is 16.3 Å². The van der Waals surface area contributed by atoms with Gasteiger partial charge in [-0.25, -0.2) is 8.42 Å². The van der Waals surface area contributed by atoms with Crippen molar-refractivity contribution in [1.29, 1.82) is 0 Å². The van der Waals surface area contributed by atoms with Crippen molar-refractivity contribution >= 4 is 37.6 Å². The zero-order valence-corrected chi connectivity index (χ0v) is 14.7. The number of Topliss-reactive ketones (excluding diaryl/α,β-unsaturated/α-hetero) is 1. The summed E-state index contributed by atoms with van der Waals surface area (Å²) in [5.74, 6) is 0.353. The Morgan fingerprint density at radius 1 is 1.33 bits per heavy atom. The van der Waals surface area contributed by atoms with Crippen LogP contribution in [0.5, 0.6) is 0 Å². The first-order valence-electron chi connectivity index (χ1n) is 7.16. The number of carbonyl (C=O) groups excluding carboxylic acids is 1. The molecule has 0 atom stereocenters. The van der Waals surface area contributed by atoms with E-state index in [4.69, 9.17) is 5.73 Å². The van der Waals surface area contributed by atoms with Crippen LogP contribution in [0.4, 0.5) is 10.7 Å². The molecule has 0 aliphatic heterocycles. The molecule has 0 fully saturated rings. The largest absolute Gasteiger partial charge is 0.396 e. The van der Waals surface area contributed by atoms with E-state index in [1.165, 1.54) is 0 Å². The van der Waals surface area contributed by atoms with E-state index in [0.29, 0.717) is 28.8 Å². The van der Waals surface area contributed by atoms with Gasteiger partial charge in [-0.05, 0) is 12.3 Å². The Hall–Kier alpha value is -1.08. The first-order valence-corrected chi connectivity index (χ1v) is 9.63. The number of hydrogen-bond donors (Lipinski definition) is 2. The lowest BCUT2D eigenvalue weighted by atomic mass is 10.1. The molecule has 0 saturated heterocycles. The lowest BCUT2D eigenvalue weighted by Crippen LogP contribution is -2.11. The Labute approximate surface area is 130 Å². The number of carbonyl (C=O) groups is 1. The molecule has 5 nitrogen and oxygen atoms in total. The summed E-state index contributed by atoms with van der Waals surface area (Å²) in [4.78, 5) is 12.3. The smallest absolute Gasteiger partial charge is 0.183 e. The van der Waals surface area contributed by atoms with E-state index in [-0.39, 0.29) is 22.1 Å². The van der Waals surface area contributed by atoms with Crippen LogP contribution in [0.15, 0.2) is 4.90 Å². The summed E-state index contributed by atoms with van der Waals surface area (Å²) >= 11 is 1.15. The lowest BCUT2D eigenvalue weighted by Gasteiger charge is -2.09. The van der Waals surface area contributed by atoms with Crippen LogP contribution in [-0.2, 0) is 9.84 Å². The number of ketones is 1. The van der Waals surface area contributed by atoms with Crippen molar-refractivity contribution in [2.75, 3.05) is 23.3 Å².